The Hall–Kier alpha value is -3.16. The van der Waals surface area contributed by atoms with Crippen molar-refractivity contribution in [1.29, 1.82) is 0 Å². The molecular weight excluding hydrogens is 460 g/mol. The molecule has 0 aliphatic carbocycles. The van der Waals surface area contributed by atoms with Crippen molar-refractivity contribution in [2.45, 2.75) is 42.4 Å². The molecule has 0 amide bonds. The van der Waals surface area contributed by atoms with Crippen molar-refractivity contribution in [3.05, 3.63) is 84.4 Å². The summed E-state index contributed by atoms with van der Waals surface area (Å²) < 4.78 is 38.8. The van der Waals surface area contributed by atoms with Gasteiger partial charge in [0.1, 0.15) is 22.0 Å². The molecule has 35 heavy (non-hydrogen) atoms. The molecule has 0 unspecified atom stereocenters. The van der Waals surface area contributed by atoms with Gasteiger partial charge < -0.3 is 14.1 Å². The average Bonchev–Trinajstić information content (AvgIpc) is 3.27. The lowest BCUT2D eigenvalue weighted by atomic mass is 10.1. The van der Waals surface area contributed by atoms with Gasteiger partial charge in [-0.05, 0) is 62.0 Å². The maximum absolute atomic E-state index is 13.5. The highest BCUT2D eigenvalue weighted by Crippen LogP contribution is 2.37. The summed E-state index contributed by atoms with van der Waals surface area (Å²) in [5, 5.41) is 0.615. The van der Waals surface area contributed by atoms with Crippen molar-refractivity contribution in [2.75, 3.05) is 26.7 Å². The summed E-state index contributed by atoms with van der Waals surface area (Å²) in [5.74, 6) is 1.08. The minimum atomic E-state index is -3.74. The van der Waals surface area contributed by atoms with Gasteiger partial charge in [-0.1, -0.05) is 32.0 Å². The van der Waals surface area contributed by atoms with E-state index in [1.54, 1.807) is 36.4 Å². The summed E-state index contributed by atoms with van der Waals surface area (Å²) >= 11 is 0. The molecule has 0 saturated heterocycles. The number of fused-ring (bicyclic) bond motifs is 1. The fourth-order valence-corrected chi connectivity index (χ4v) is 5.75. The van der Waals surface area contributed by atoms with Crippen molar-refractivity contribution < 1.29 is 17.6 Å². The predicted molar refractivity (Wildman–Crippen MR) is 138 cm³/mol. The average molecular weight is 493 g/mol. The second kappa shape index (κ2) is 11.1. The Balaban J connectivity index is 1.35. The number of furan rings is 1. The minimum Gasteiger partial charge on any atom is -0.494 e. The Morgan fingerprint density at radius 1 is 0.971 bits per heavy atom. The summed E-state index contributed by atoms with van der Waals surface area (Å²) in [4.78, 5) is 7.10. The first-order valence-corrected chi connectivity index (χ1v) is 13.4. The van der Waals surface area contributed by atoms with Crippen molar-refractivity contribution in [3.63, 3.8) is 0 Å². The molecule has 0 N–H and O–H groups in total. The third kappa shape index (κ3) is 5.92. The van der Waals surface area contributed by atoms with Crippen LogP contribution >= 0.6 is 0 Å². The maximum atomic E-state index is 13.5. The largest absolute Gasteiger partial charge is 0.494 e. The van der Waals surface area contributed by atoms with Gasteiger partial charge in [0.25, 0.3) is 0 Å². The molecule has 184 valence electrons. The molecule has 4 aromatic rings. The zero-order chi connectivity index (χ0) is 24.8. The number of nitrogens with zero attached hydrogens (tertiary/aromatic N) is 2. The molecule has 2 aromatic carbocycles. The molecule has 7 heteroatoms. The van der Waals surface area contributed by atoms with Crippen molar-refractivity contribution >= 4 is 20.8 Å². The van der Waals surface area contributed by atoms with Crippen LogP contribution in [0.2, 0.25) is 0 Å². The second-order valence-corrected chi connectivity index (χ2v) is 10.9. The fourth-order valence-electron chi connectivity index (χ4n) is 4.02. The van der Waals surface area contributed by atoms with E-state index in [1.165, 1.54) is 0 Å². The standard InChI is InChI=1S/C28H32N2O4S/c1-21(2)27-28(25-10-4-5-11-26(25)34-27)35(31,32)24-14-12-23(13-15-24)33-20-8-18-30(3)19-16-22-9-6-7-17-29-22/h4-7,9-15,17,21H,8,16,18-20H2,1-3H3. The molecular formula is C28H32N2O4S. The lowest BCUT2D eigenvalue weighted by Crippen LogP contribution is -2.24. The SMILES string of the molecule is CC(C)c1oc2ccccc2c1S(=O)(=O)c1ccc(OCCCN(C)CCc2ccccn2)cc1. The van der Waals surface area contributed by atoms with Crippen LogP contribution in [0.25, 0.3) is 11.0 Å². The lowest BCUT2D eigenvalue weighted by molar-refractivity contribution is 0.263. The molecule has 0 bridgehead atoms. The molecule has 0 radical (unpaired) electrons. The van der Waals surface area contributed by atoms with Crippen molar-refractivity contribution in [1.82, 2.24) is 9.88 Å². The molecule has 0 spiro atoms. The summed E-state index contributed by atoms with van der Waals surface area (Å²) in [7, 11) is -1.65. The number of likely N-dealkylation sites (N-methyl/N-ethyl adjacent to an activating group) is 1. The number of aromatic nitrogens is 1. The lowest BCUT2D eigenvalue weighted by Gasteiger charge is -2.16. The molecule has 6 nitrogen and oxygen atoms in total. The number of sulfone groups is 1. The quantitative estimate of drug-likeness (QED) is 0.249. The Bertz CT molecular complexity index is 1350. The van der Waals surface area contributed by atoms with Gasteiger partial charge in [0, 0.05) is 42.7 Å². The molecule has 0 fully saturated rings. The Morgan fingerprint density at radius 3 is 2.43 bits per heavy atom. The highest BCUT2D eigenvalue weighted by atomic mass is 32.2. The number of para-hydroxylation sites is 1. The van der Waals surface area contributed by atoms with E-state index < -0.39 is 9.84 Å². The smallest absolute Gasteiger partial charge is 0.210 e. The van der Waals surface area contributed by atoms with Crippen LogP contribution in [0.1, 0.15) is 37.6 Å². The van der Waals surface area contributed by atoms with Gasteiger partial charge in [-0.25, -0.2) is 8.42 Å². The molecule has 2 heterocycles. The van der Waals surface area contributed by atoms with Crippen LogP contribution in [0.15, 0.2) is 87.1 Å². The van der Waals surface area contributed by atoms with Crippen LogP contribution in [0.5, 0.6) is 5.75 Å². The maximum Gasteiger partial charge on any atom is 0.210 e. The summed E-state index contributed by atoms with van der Waals surface area (Å²) in [6, 6.07) is 19.9. The van der Waals surface area contributed by atoms with Gasteiger partial charge in [-0.3, -0.25) is 4.98 Å². The van der Waals surface area contributed by atoms with E-state index in [4.69, 9.17) is 9.15 Å². The monoisotopic (exact) mass is 492 g/mol. The van der Waals surface area contributed by atoms with Crippen LogP contribution in [-0.4, -0.2) is 45.0 Å². The Morgan fingerprint density at radius 2 is 1.71 bits per heavy atom. The Kier molecular flexibility index (Phi) is 7.88. The molecule has 0 aliphatic rings. The van der Waals surface area contributed by atoms with E-state index in [1.807, 2.05) is 50.4 Å². The van der Waals surface area contributed by atoms with Gasteiger partial charge >= 0.3 is 0 Å². The van der Waals surface area contributed by atoms with Gasteiger partial charge in [0.05, 0.1) is 11.5 Å². The zero-order valence-electron chi connectivity index (χ0n) is 20.5. The van der Waals surface area contributed by atoms with Crippen molar-refractivity contribution in [2.24, 2.45) is 0 Å². The van der Waals surface area contributed by atoms with Gasteiger partial charge in [0.2, 0.25) is 9.84 Å². The molecule has 2 aromatic heterocycles. The van der Waals surface area contributed by atoms with Crippen LogP contribution in [0, 0.1) is 0 Å². The molecule has 0 aliphatic heterocycles. The van der Waals surface area contributed by atoms with Gasteiger partial charge in [0.15, 0.2) is 0 Å². The van der Waals surface area contributed by atoms with E-state index in [2.05, 4.69) is 16.9 Å². The first-order chi connectivity index (χ1) is 16.9. The highest BCUT2D eigenvalue weighted by Gasteiger charge is 2.29. The first-order valence-electron chi connectivity index (χ1n) is 11.9. The fraction of sp³-hybridized carbons (Fsp3) is 0.321. The topological polar surface area (TPSA) is 72.6 Å². The van der Waals surface area contributed by atoms with Crippen LogP contribution in [0.4, 0.5) is 0 Å². The third-order valence-electron chi connectivity index (χ3n) is 5.93. The van der Waals surface area contributed by atoms with Gasteiger partial charge in [-0.15, -0.1) is 0 Å². The number of hydrogen-bond donors (Lipinski definition) is 0. The summed E-state index contributed by atoms with van der Waals surface area (Å²) in [6.45, 7) is 6.27. The van der Waals surface area contributed by atoms with E-state index in [0.717, 1.165) is 31.6 Å². The normalized spacial score (nSPS) is 12.0. The predicted octanol–water partition coefficient (Wildman–Crippen LogP) is 5.73. The third-order valence-corrected chi connectivity index (χ3v) is 7.78. The number of benzene rings is 2. The number of rotatable bonds is 11. The number of ether oxygens (including phenoxy) is 1. The molecule has 0 saturated carbocycles. The first kappa shape index (κ1) is 24.9. The van der Waals surface area contributed by atoms with Crippen LogP contribution in [0.3, 0.4) is 0 Å². The Labute approximate surface area is 207 Å². The second-order valence-electron chi connectivity index (χ2n) is 9.00. The van der Waals surface area contributed by atoms with Gasteiger partial charge in [-0.2, -0.15) is 0 Å². The molecule has 4 rings (SSSR count). The van der Waals surface area contributed by atoms with E-state index >= 15 is 0 Å². The van der Waals surface area contributed by atoms with E-state index in [-0.39, 0.29) is 15.7 Å². The summed E-state index contributed by atoms with van der Waals surface area (Å²) in [6.07, 6.45) is 3.61. The van der Waals surface area contributed by atoms with E-state index in [0.29, 0.717) is 29.1 Å². The van der Waals surface area contributed by atoms with Crippen LogP contribution < -0.4 is 4.74 Å². The highest BCUT2D eigenvalue weighted by molar-refractivity contribution is 7.91. The number of hydrogen-bond acceptors (Lipinski definition) is 6. The van der Waals surface area contributed by atoms with E-state index in [9.17, 15) is 8.42 Å². The minimum absolute atomic E-state index is 0.0585. The zero-order valence-corrected chi connectivity index (χ0v) is 21.3. The molecule has 0 atom stereocenters. The van der Waals surface area contributed by atoms with Crippen LogP contribution in [-0.2, 0) is 16.3 Å². The number of pyridine rings is 1. The summed E-state index contributed by atoms with van der Waals surface area (Å²) in [5.41, 5.74) is 1.68. The van der Waals surface area contributed by atoms with Crippen molar-refractivity contribution in [3.8, 4) is 5.75 Å².